The predicted molar refractivity (Wildman–Crippen MR) is 87.1 cm³/mol. The van der Waals surface area contributed by atoms with E-state index < -0.39 is 22.0 Å². The zero-order valence-corrected chi connectivity index (χ0v) is 14.5. The van der Waals surface area contributed by atoms with E-state index in [4.69, 9.17) is 0 Å². The number of carboxylic acid groups (broad SMARTS) is 1. The van der Waals surface area contributed by atoms with Crippen LogP contribution < -0.4 is 0 Å². The molecule has 7 nitrogen and oxygen atoms in total. The van der Waals surface area contributed by atoms with Gasteiger partial charge in [0.25, 0.3) is 0 Å². The van der Waals surface area contributed by atoms with E-state index in [2.05, 4.69) is 5.10 Å². The Morgan fingerprint density at radius 1 is 1.33 bits per heavy atom. The Morgan fingerprint density at radius 3 is 2.62 bits per heavy atom. The summed E-state index contributed by atoms with van der Waals surface area (Å²) in [6.45, 7) is 3.69. The highest BCUT2D eigenvalue weighted by molar-refractivity contribution is 7.89. The van der Waals surface area contributed by atoms with E-state index in [0.717, 1.165) is 15.4 Å². The summed E-state index contributed by atoms with van der Waals surface area (Å²) in [5.74, 6) is -1.17. The van der Waals surface area contributed by atoms with Crippen molar-refractivity contribution >= 4 is 16.0 Å². The van der Waals surface area contributed by atoms with Gasteiger partial charge in [-0.25, -0.2) is 8.42 Å². The maximum absolute atomic E-state index is 13.0. The molecule has 24 heavy (non-hydrogen) atoms. The number of carboxylic acids is 1. The molecule has 1 aromatic carbocycles. The topological polar surface area (TPSA) is 92.5 Å². The first-order valence-electron chi connectivity index (χ1n) is 7.56. The number of hydrogen-bond donors (Lipinski definition) is 1. The number of sulfonamides is 1. The number of aliphatic carboxylic acids is 1. The molecule has 1 aromatic heterocycles. The number of nitrogens with zero attached hydrogens (tertiary/aromatic N) is 3. The lowest BCUT2D eigenvalue weighted by atomic mass is 9.91. The molecule has 2 aromatic rings. The van der Waals surface area contributed by atoms with Crippen LogP contribution >= 0.6 is 0 Å². The molecule has 1 unspecified atom stereocenters. The van der Waals surface area contributed by atoms with E-state index in [1.54, 1.807) is 26.1 Å². The predicted octanol–water partition coefficient (Wildman–Crippen LogP) is 1.41. The van der Waals surface area contributed by atoms with Crippen LogP contribution in [0.5, 0.6) is 0 Å². The molecule has 128 valence electrons. The molecule has 0 radical (unpaired) electrons. The summed E-state index contributed by atoms with van der Waals surface area (Å²) < 4.78 is 28.6. The van der Waals surface area contributed by atoms with Gasteiger partial charge in [-0.05, 0) is 37.0 Å². The molecule has 1 aliphatic heterocycles. The molecule has 0 saturated carbocycles. The molecule has 0 saturated heterocycles. The van der Waals surface area contributed by atoms with Gasteiger partial charge < -0.3 is 5.11 Å². The summed E-state index contributed by atoms with van der Waals surface area (Å²) in [6, 6.07) is 4.14. The second-order valence-electron chi connectivity index (χ2n) is 5.97. The minimum absolute atomic E-state index is 0.0485. The minimum atomic E-state index is -3.95. The van der Waals surface area contributed by atoms with Crippen molar-refractivity contribution in [2.45, 2.75) is 31.2 Å². The standard InChI is InChI=1S/C16H19N3O4S/c1-10-5-4-6-13-12(10)7-8-19(15(13)16(20)21)24(22,23)14-9-17-18(3)11(14)2/h4-6,9,15H,7-8H2,1-3H3,(H,20,21). The molecule has 1 atom stereocenters. The number of carbonyl (C=O) groups is 1. The van der Waals surface area contributed by atoms with E-state index in [-0.39, 0.29) is 11.4 Å². The smallest absolute Gasteiger partial charge is 0.326 e. The Labute approximate surface area is 140 Å². The SMILES string of the molecule is Cc1cccc2c1CCN(S(=O)(=O)c1cnn(C)c1C)C2C(=O)O. The van der Waals surface area contributed by atoms with E-state index in [0.29, 0.717) is 17.7 Å². The fourth-order valence-electron chi connectivity index (χ4n) is 3.20. The Morgan fingerprint density at radius 2 is 2.04 bits per heavy atom. The van der Waals surface area contributed by atoms with Crippen molar-refractivity contribution in [2.24, 2.45) is 7.05 Å². The van der Waals surface area contributed by atoms with Crippen LogP contribution in [-0.4, -0.2) is 40.1 Å². The lowest BCUT2D eigenvalue weighted by Gasteiger charge is -2.34. The first-order valence-corrected chi connectivity index (χ1v) is 9.00. The number of aryl methyl sites for hydroxylation is 2. The molecule has 8 heteroatoms. The second kappa shape index (κ2) is 5.71. The monoisotopic (exact) mass is 349 g/mol. The van der Waals surface area contributed by atoms with Crippen LogP contribution in [0.4, 0.5) is 0 Å². The Hall–Kier alpha value is -2.19. The van der Waals surface area contributed by atoms with Crippen LogP contribution in [0.1, 0.15) is 28.4 Å². The van der Waals surface area contributed by atoms with Gasteiger partial charge in [-0.1, -0.05) is 18.2 Å². The number of rotatable bonds is 3. The number of fused-ring (bicyclic) bond motifs is 1. The molecule has 2 heterocycles. The highest BCUT2D eigenvalue weighted by Crippen LogP contribution is 2.36. The fourth-order valence-corrected chi connectivity index (χ4v) is 4.95. The van der Waals surface area contributed by atoms with Crippen LogP contribution in [0.15, 0.2) is 29.3 Å². The highest BCUT2D eigenvalue weighted by Gasteiger charge is 2.42. The third-order valence-corrected chi connectivity index (χ3v) is 6.59. The normalized spacial score (nSPS) is 18.4. The van der Waals surface area contributed by atoms with Gasteiger partial charge in [-0.15, -0.1) is 0 Å². The molecule has 3 rings (SSSR count). The zero-order valence-electron chi connectivity index (χ0n) is 13.7. The molecular formula is C16H19N3O4S. The summed E-state index contributed by atoms with van der Waals surface area (Å²) in [6.07, 6.45) is 1.76. The Balaban J connectivity index is 2.15. The summed E-state index contributed by atoms with van der Waals surface area (Å²) in [4.78, 5) is 11.9. The van der Waals surface area contributed by atoms with Gasteiger partial charge >= 0.3 is 5.97 Å². The van der Waals surface area contributed by atoms with Gasteiger partial charge in [0.05, 0.1) is 11.9 Å². The molecule has 1 aliphatic rings. The molecule has 0 aliphatic carbocycles. The van der Waals surface area contributed by atoms with Crippen molar-refractivity contribution in [3.63, 3.8) is 0 Å². The largest absolute Gasteiger partial charge is 0.480 e. The first-order chi connectivity index (χ1) is 11.2. The van der Waals surface area contributed by atoms with Gasteiger partial charge in [0, 0.05) is 13.6 Å². The molecule has 0 bridgehead atoms. The molecular weight excluding hydrogens is 330 g/mol. The van der Waals surface area contributed by atoms with E-state index in [1.165, 1.54) is 10.9 Å². The molecule has 1 N–H and O–H groups in total. The Kier molecular flexibility index (Phi) is 3.97. The summed E-state index contributed by atoms with van der Waals surface area (Å²) >= 11 is 0. The first kappa shape index (κ1) is 16.7. The van der Waals surface area contributed by atoms with E-state index >= 15 is 0 Å². The van der Waals surface area contributed by atoms with Crippen LogP contribution in [0.25, 0.3) is 0 Å². The zero-order chi connectivity index (χ0) is 17.6. The van der Waals surface area contributed by atoms with Crippen molar-refractivity contribution in [2.75, 3.05) is 6.54 Å². The minimum Gasteiger partial charge on any atom is -0.480 e. The quantitative estimate of drug-likeness (QED) is 0.904. The average Bonchev–Trinajstić information content (AvgIpc) is 2.86. The van der Waals surface area contributed by atoms with Gasteiger partial charge in [0.2, 0.25) is 10.0 Å². The number of aromatic nitrogens is 2. The maximum atomic E-state index is 13.0. The number of benzene rings is 1. The third kappa shape index (κ3) is 2.42. The van der Waals surface area contributed by atoms with Crippen molar-refractivity contribution < 1.29 is 18.3 Å². The van der Waals surface area contributed by atoms with E-state index in [1.807, 2.05) is 13.0 Å². The summed E-state index contributed by atoms with van der Waals surface area (Å²) in [5, 5.41) is 13.7. The molecule has 0 fully saturated rings. The summed E-state index contributed by atoms with van der Waals surface area (Å²) in [7, 11) is -2.30. The molecule has 0 spiro atoms. The van der Waals surface area contributed by atoms with Crippen LogP contribution in [0.3, 0.4) is 0 Å². The third-order valence-electron chi connectivity index (χ3n) is 4.62. The van der Waals surface area contributed by atoms with Crippen molar-refractivity contribution in [1.82, 2.24) is 14.1 Å². The van der Waals surface area contributed by atoms with Crippen molar-refractivity contribution in [3.8, 4) is 0 Å². The van der Waals surface area contributed by atoms with Crippen LogP contribution in [-0.2, 0) is 28.3 Å². The van der Waals surface area contributed by atoms with Gasteiger partial charge in [0.15, 0.2) is 0 Å². The lowest BCUT2D eigenvalue weighted by Crippen LogP contribution is -2.43. The molecule has 0 amide bonds. The van der Waals surface area contributed by atoms with Crippen LogP contribution in [0, 0.1) is 13.8 Å². The Bertz CT molecular complexity index is 917. The lowest BCUT2D eigenvalue weighted by molar-refractivity contribution is -0.142. The van der Waals surface area contributed by atoms with Crippen molar-refractivity contribution in [1.29, 1.82) is 0 Å². The van der Waals surface area contributed by atoms with Crippen LogP contribution in [0.2, 0.25) is 0 Å². The summed E-state index contributed by atoms with van der Waals surface area (Å²) in [5.41, 5.74) is 2.92. The second-order valence-corrected chi connectivity index (χ2v) is 7.83. The van der Waals surface area contributed by atoms with E-state index in [9.17, 15) is 18.3 Å². The van der Waals surface area contributed by atoms with Gasteiger partial charge in [-0.2, -0.15) is 9.40 Å². The van der Waals surface area contributed by atoms with Gasteiger partial charge in [-0.3, -0.25) is 9.48 Å². The fraction of sp³-hybridized carbons (Fsp3) is 0.375. The highest BCUT2D eigenvalue weighted by atomic mass is 32.2. The number of hydrogen-bond acceptors (Lipinski definition) is 4. The maximum Gasteiger partial charge on any atom is 0.326 e. The van der Waals surface area contributed by atoms with Crippen molar-refractivity contribution in [3.05, 3.63) is 46.8 Å². The van der Waals surface area contributed by atoms with Gasteiger partial charge in [0.1, 0.15) is 10.9 Å². The average molecular weight is 349 g/mol.